The first kappa shape index (κ1) is 16.2. The summed E-state index contributed by atoms with van der Waals surface area (Å²) >= 11 is 0. The van der Waals surface area contributed by atoms with Crippen molar-refractivity contribution in [3.8, 4) is 0 Å². The van der Waals surface area contributed by atoms with E-state index in [0.29, 0.717) is 0 Å². The van der Waals surface area contributed by atoms with Crippen LogP contribution in [0.4, 0.5) is 13.2 Å². The molecule has 0 saturated heterocycles. The number of amides is 2. The van der Waals surface area contributed by atoms with Crippen molar-refractivity contribution < 1.29 is 22.8 Å². The Morgan fingerprint density at radius 3 is 1.96 bits per heavy atom. The van der Waals surface area contributed by atoms with Crippen molar-refractivity contribution in [1.82, 2.24) is 4.90 Å². The van der Waals surface area contributed by atoms with Gasteiger partial charge in [-0.1, -0.05) is 30.3 Å². The van der Waals surface area contributed by atoms with E-state index in [2.05, 4.69) is 0 Å². The first-order chi connectivity index (χ1) is 11.3. The van der Waals surface area contributed by atoms with E-state index in [0.717, 1.165) is 11.0 Å². The van der Waals surface area contributed by atoms with Crippen molar-refractivity contribution in [3.05, 3.63) is 70.8 Å². The number of nitrogens with zero attached hydrogens (tertiary/aromatic N) is 1. The number of hydrogen-bond donors (Lipinski definition) is 1. The second-order valence-electron chi connectivity index (χ2n) is 5.45. The van der Waals surface area contributed by atoms with Crippen molar-refractivity contribution in [2.75, 3.05) is 0 Å². The van der Waals surface area contributed by atoms with E-state index in [1.807, 2.05) is 0 Å². The summed E-state index contributed by atoms with van der Waals surface area (Å²) in [5, 5.41) is 0. The fourth-order valence-electron chi connectivity index (χ4n) is 2.80. The van der Waals surface area contributed by atoms with Crippen LogP contribution in [0.3, 0.4) is 0 Å². The van der Waals surface area contributed by atoms with E-state index >= 15 is 0 Å². The molecule has 1 heterocycles. The van der Waals surface area contributed by atoms with E-state index in [9.17, 15) is 22.8 Å². The molecule has 0 aromatic heterocycles. The second-order valence-corrected chi connectivity index (χ2v) is 5.45. The van der Waals surface area contributed by atoms with Crippen molar-refractivity contribution in [2.24, 2.45) is 5.73 Å². The lowest BCUT2D eigenvalue weighted by Crippen LogP contribution is -2.47. The third kappa shape index (κ3) is 2.67. The highest BCUT2D eigenvalue weighted by atomic mass is 19.4. The van der Waals surface area contributed by atoms with Crippen LogP contribution in [0.1, 0.15) is 31.8 Å². The fraction of sp³-hybridized carbons (Fsp3) is 0.176. The highest BCUT2D eigenvalue weighted by Crippen LogP contribution is 2.33. The monoisotopic (exact) mass is 334 g/mol. The predicted molar refractivity (Wildman–Crippen MR) is 80.1 cm³/mol. The van der Waals surface area contributed by atoms with E-state index in [4.69, 9.17) is 5.73 Å². The smallest absolute Gasteiger partial charge is 0.311 e. The molecule has 0 aliphatic carbocycles. The van der Waals surface area contributed by atoms with Gasteiger partial charge in [-0.05, 0) is 23.8 Å². The van der Waals surface area contributed by atoms with E-state index in [1.54, 1.807) is 12.1 Å². The van der Waals surface area contributed by atoms with Crippen molar-refractivity contribution in [1.29, 1.82) is 0 Å². The normalized spacial score (nSPS) is 15.6. The van der Waals surface area contributed by atoms with Crippen molar-refractivity contribution in [2.45, 2.75) is 18.8 Å². The van der Waals surface area contributed by atoms with Crippen molar-refractivity contribution in [3.63, 3.8) is 0 Å². The fourth-order valence-corrected chi connectivity index (χ4v) is 2.80. The molecule has 2 aromatic carbocycles. The Hall–Kier alpha value is -2.67. The van der Waals surface area contributed by atoms with Crippen LogP contribution in [-0.4, -0.2) is 22.9 Å². The number of alkyl halides is 3. The molecule has 24 heavy (non-hydrogen) atoms. The molecule has 124 valence electrons. The molecular weight excluding hydrogens is 321 g/mol. The van der Waals surface area contributed by atoms with Crippen LogP contribution in [0.2, 0.25) is 0 Å². The zero-order valence-corrected chi connectivity index (χ0v) is 12.4. The summed E-state index contributed by atoms with van der Waals surface area (Å²) in [4.78, 5) is 25.5. The van der Waals surface area contributed by atoms with Crippen LogP contribution >= 0.6 is 0 Å². The number of carbonyl (C=O) groups excluding carboxylic acids is 2. The molecule has 3 rings (SSSR count). The molecule has 2 aromatic rings. The standard InChI is InChI=1S/C17H13F3N2O2/c18-17(19,20)13-8-4-1-5-10(13)9-14(21)22-15(23)11-6-2-3-7-12(11)16(22)24/h1-8,14H,9,21H2/t14-/m1/s1. The molecule has 7 heteroatoms. The van der Waals surface area contributed by atoms with Crippen LogP contribution in [-0.2, 0) is 12.6 Å². The van der Waals surface area contributed by atoms with Gasteiger partial charge in [-0.15, -0.1) is 0 Å². The number of hydrogen-bond acceptors (Lipinski definition) is 3. The van der Waals surface area contributed by atoms with Gasteiger partial charge in [0.15, 0.2) is 0 Å². The Balaban J connectivity index is 1.89. The van der Waals surface area contributed by atoms with Crippen LogP contribution in [0.25, 0.3) is 0 Å². The number of carbonyl (C=O) groups is 2. The molecule has 4 nitrogen and oxygen atoms in total. The Bertz CT molecular complexity index is 782. The van der Waals surface area contributed by atoms with Crippen molar-refractivity contribution >= 4 is 11.8 Å². The summed E-state index contributed by atoms with van der Waals surface area (Å²) in [5.74, 6) is -1.18. The first-order valence-electron chi connectivity index (χ1n) is 7.18. The minimum Gasteiger partial charge on any atom is -0.311 e. The van der Waals surface area contributed by atoms with Gasteiger partial charge >= 0.3 is 6.18 Å². The highest BCUT2D eigenvalue weighted by Gasteiger charge is 2.40. The van der Waals surface area contributed by atoms with Gasteiger partial charge < -0.3 is 5.73 Å². The summed E-state index contributed by atoms with van der Waals surface area (Å²) < 4.78 is 39.2. The zero-order chi connectivity index (χ0) is 17.5. The molecule has 0 radical (unpaired) electrons. The number of imide groups is 1. The molecule has 0 fully saturated rings. The molecule has 2 amide bonds. The number of nitrogens with two attached hydrogens (primary N) is 1. The third-order valence-corrected chi connectivity index (χ3v) is 3.91. The van der Waals surface area contributed by atoms with Gasteiger partial charge in [0.2, 0.25) is 0 Å². The largest absolute Gasteiger partial charge is 0.416 e. The van der Waals surface area contributed by atoms with Crippen LogP contribution in [0.5, 0.6) is 0 Å². The van der Waals surface area contributed by atoms with E-state index < -0.39 is 29.7 Å². The number of benzene rings is 2. The SMILES string of the molecule is N[C@@H](Cc1ccccc1C(F)(F)F)N1C(=O)c2ccccc2C1=O. The third-order valence-electron chi connectivity index (χ3n) is 3.91. The zero-order valence-electron chi connectivity index (χ0n) is 12.4. The summed E-state index contributed by atoms with van der Waals surface area (Å²) in [7, 11) is 0. The molecule has 0 saturated carbocycles. The minimum absolute atomic E-state index is 0.0611. The summed E-state index contributed by atoms with van der Waals surface area (Å²) in [6.07, 6.45) is -5.99. The lowest BCUT2D eigenvalue weighted by atomic mass is 10.0. The Kier molecular flexibility index (Phi) is 3.88. The quantitative estimate of drug-likeness (QED) is 0.878. The maximum absolute atomic E-state index is 13.1. The second kappa shape index (κ2) is 5.76. The molecular formula is C17H13F3N2O2. The molecule has 1 aliphatic rings. The molecule has 0 unspecified atom stereocenters. The number of fused-ring (bicyclic) bond motifs is 1. The maximum Gasteiger partial charge on any atom is 0.416 e. The Morgan fingerprint density at radius 2 is 1.42 bits per heavy atom. The number of rotatable bonds is 3. The topological polar surface area (TPSA) is 63.4 Å². The molecule has 2 N–H and O–H groups in total. The van der Waals surface area contributed by atoms with Gasteiger partial charge in [0.25, 0.3) is 11.8 Å². The van der Waals surface area contributed by atoms with Gasteiger partial charge in [-0.2, -0.15) is 13.2 Å². The molecule has 0 bridgehead atoms. The highest BCUT2D eigenvalue weighted by molar-refractivity contribution is 6.21. The van der Waals surface area contributed by atoms with Gasteiger partial charge in [0.1, 0.15) is 0 Å². The first-order valence-corrected chi connectivity index (χ1v) is 7.18. The van der Waals surface area contributed by atoms with Gasteiger partial charge in [0, 0.05) is 6.42 Å². The van der Waals surface area contributed by atoms with Crippen LogP contribution in [0.15, 0.2) is 48.5 Å². The lowest BCUT2D eigenvalue weighted by molar-refractivity contribution is -0.138. The summed E-state index contributed by atoms with van der Waals surface area (Å²) in [5.41, 5.74) is 5.44. The van der Waals surface area contributed by atoms with E-state index in [1.165, 1.54) is 30.3 Å². The van der Waals surface area contributed by atoms with Gasteiger partial charge in [-0.25, -0.2) is 0 Å². The predicted octanol–water partition coefficient (Wildman–Crippen LogP) is 2.83. The summed E-state index contributed by atoms with van der Waals surface area (Å²) in [6, 6.07) is 11.2. The Labute approximate surface area is 135 Å². The Morgan fingerprint density at radius 1 is 0.917 bits per heavy atom. The lowest BCUT2D eigenvalue weighted by Gasteiger charge is -2.23. The average Bonchev–Trinajstić information content (AvgIpc) is 2.79. The minimum atomic E-state index is -4.53. The van der Waals surface area contributed by atoms with Gasteiger partial charge in [0.05, 0.1) is 22.9 Å². The van der Waals surface area contributed by atoms with E-state index in [-0.39, 0.29) is 23.1 Å². The molecule has 0 spiro atoms. The van der Waals surface area contributed by atoms with Gasteiger partial charge in [-0.3, -0.25) is 14.5 Å². The number of halogens is 3. The maximum atomic E-state index is 13.1. The summed E-state index contributed by atoms with van der Waals surface area (Å²) in [6.45, 7) is 0. The van der Waals surface area contributed by atoms with Crippen LogP contribution < -0.4 is 5.73 Å². The average molecular weight is 334 g/mol. The van der Waals surface area contributed by atoms with Crippen LogP contribution in [0, 0.1) is 0 Å². The molecule has 1 aliphatic heterocycles. The molecule has 1 atom stereocenters.